The van der Waals surface area contributed by atoms with E-state index in [0.717, 1.165) is 61.8 Å². The quantitative estimate of drug-likeness (QED) is 0.192. The maximum atomic E-state index is 5.68. The number of para-hydroxylation sites is 1. The van der Waals surface area contributed by atoms with Crippen LogP contribution in [0.5, 0.6) is 0 Å². The molecule has 1 aliphatic rings. The second kappa shape index (κ2) is 10.8. The minimum Gasteiger partial charge on any atom is -0.292 e. The molecule has 4 heterocycles. The fourth-order valence-electron chi connectivity index (χ4n) is 7.93. The molecule has 0 spiro atoms. The van der Waals surface area contributed by atoms with Crippen LogP contribution in [0, 0.1) is 0 Å². The molecule has 0 amide bonds. The highest BCUT2D eigenvalue weighted by Crippen LogP contribution is 2.52. The predicted molar refractivity (Wildman–Crippen MR) is 203 cm³/mol. The Morgan fingerprint density at radius 3 is 1.98 bits per heavy atom. The third-order valence-electron chi connectivity index (χ3n) is 10.3. The molecule has 5 heteroatoms. The van der Waals surface area contributed by atoms with E-state index in [4.69, 9.17) is 9.97 Å². The Morgan fingerprint density at radius 1 is 0.520 bits per heavy atom. The lowest BCUT2D eigenvalue weighted by atomic mass is 9.82. The summed E-state index contributed by atoms with van der Waals surface area (Å²) in [5.74, 6) is 0.789. The highest BCUT2D eigenvalue weighted by Gasteiger charge is 2.40. The Morgan fingerprint density at radius 2 is 1.20 bits per heavy atom. The van der Waals surface area contributed by atoms with Gasteiger partial charge in [-0.3, -0.25) is 14.5 Å². The molecule has 0 fully saturated rings. The van der Waals surface area contributed by atoms with Gasteiger partial charge in [0.2, 0.25) is 0 Å². The average molecular weight is 642 g/mol. The maximum absolute atomic E-state index is 5.68. The minimum atomic E-state index is -0.402. The first kappa shape index (κ1) is 28.5. The molecule has 0 bridgehead atoms. The first-order valence-corrected chi connectivity index (χ1v) is 17.0. The molecule has 0 N–H and O–H groups in total. The number of aromatic nitrogens is 5. The molecule has 50 heavy (non-hydrogen) atoms. The molecule has 5 nitrogen and oxygen atoms in total. The summed E-state index contributed by atoms with van der Waals surface area (Å²) in [6, 6.07) is 45.1. The van der Waals surface area contributed by atoms with Crippen LogP contribution in [0.25, 0.3) is 83.2 Å². The predicted octanol–water partition coefficient (Wildman–Crippen LogP) is 10.8. The molecule has 1 aliphatic carbocycles. The molecular weight excluding hydrogens is 611 g/mol. The first-order chi connectivity index (χ1) is 24.6. The van der Waals surface area contributed by atoms with E-state index < -0.39 is 5.41 Å². The molecule has 0 saturated carbocycles. The van der Waals surface area contributed by atoms with Crippen molar-refractivity contribution >= 4 is 32.6 Å². The first-order valence-electron chi connectivity index (χ1n) is 17.0. The van der Waals surface area contributed by atoms with Crippen molar-refractivity contribution in [1.82, 2.24) is 24.5 Å². The molecule has 0 atom stereocenters. The highest BCUT2D eigenvalue weighted by atomic mass is 15.1. The SMILES string of the molecule is CC1(C)c2cc(-c3ccccc3)c(-c3cccnc3)cc2-c2nc(-n3c4ccccc4c4c5ccccc5ccc43)c(-c3cccnc3)nc21. The van der Waals surface area contributed by atoms with Crippen LogP contribution in [0.15, 0.2) is 152 Å². The van der Waals surface area contributed by atoms with Gasteiger partial charge < -0.3 is 0 Å². The zero-order valence-corrected chi connectivity index (χ0v) is 27.7. The Kier molecular flexibility index (Phi) is 6.15. The fourth-order valence-corrected chi connectivity index (χ4v) is 7.93. The summed E-state index contributed by atoms with van der Waals surface area (Å²) in [4.78, 5) is 20.3. The summed E-state index contributed by atoms with van der Waals surface area (Å²) in [5, 5.41) is 4.83. The van der Waals surface area contributed by atoms with E-state index >= 15 is 0 Å². The van der Waals surface area contributed by atoms with Crippen molar-refractivity contribution in [3.8, 4) is 50.6 Å². The van der Waals surface area contributed by atoms with E-state index in [2.05, 4.69) is 144 Å². The van der Waals surface area contributed by atoms with Crippen molar-refractivity contribution in [2.45, 2.75) is 19.3 Å². The van der Waals surface area contributed by atoms with Crippen molar-refractivity contribution in [3.63, 3.8) is 0 Å². The molecule has 236 valence electrons. The molecule has 0 radical (unpaired) electrons. The lowest BCUT2D eigenvalue weighted by molar-refractivity contribution is 0.635. The van der Waals surface area contributed by atoms with Crippen LogP contribution in [-0.4, -0.2) is 24.5 Å². The number of pyridine rings is 2. The van der Waals surface area contributed by atoms with Gasteiger partial charge in [-0.15, -0.1) is 0 Å². The van der Waals surface area contributed by atoms with Gasteiger partial charge in [-0.05, 0) is 75.5 Å². The minimum absolute atomic E-state index is 0.402. The van der Waals surface area contributed by atoms with Gasteiger partial charge in [0.1, 0.15) is 5.69 Å². The highest BCUT2D eigenvalue weighted by molar-refractivity contribution is 6.21. The number of hydrogen-bond acceptors (Lipinski definition) is 4. The van der Waals surface area contributed by atoms with E-state index in [9.17, 15) is 0 Å². The largest absolute Gasteiger partial charge is 0.292 e. The lowest BCUT2D eigenvalue weighted by Crippen LogP contribution is -2.18. The standard InChI is InChI=1S/C45H31N5/c1-45(2)37-25-35(28-12-4-3-5-13-28)34(30-15-10-22-46-26-30)24-36(37)42-43(45)48-41(31-16-11-23-47-27-31)44(49-42)50-38-19-9-8-18-33(38)40-32-17-7-6-14-29(32)20-21-39(40)50/h3-27H,1-2H3. The van der Waals surface area contributed by atoms with Crippen LogP contribution in [0.4, 0.5) is 0 Å². The second-order valence-corrected chi connectivity index (χ2v) is 13.5. The normalized spacial score (nSPS) is 13.2. The summed E-state index contributed by atoms with van der Waals surface area (Å²) in [6.07, 6.45) is 7.47. The number of rotatable bonds is 4. The van der Waals surface area contributed by atoms with Crippen LogP contribution < -0.4 is 0 Å². The Bertz CT molecular complexity index is 2770. The summed E-state index contributed by atoms with van der Waals surface area (Å²) < 4.78 is 2.30. The Hall–Kier alpha value is -6.46. The second-order valence-electron chi connectivity index (χ2n) is 13.5. The zero-order chi connectivity index (χ0) is 33.4. The molecule has 5 aromatic carbocycles. The number of fused-ring (bicyclic) bond motifs is 8. The third-order valence-corrected chi connectivity index (χ3v) is 10.3. The van der Waals surface area contributed by atoms with Crippen LogP contribution in [-0.2, 0) is 5.41 Å². The van der Waals surface area contributed by atoms with Gasteiger partial charge in [-0.2, -0.15) is 0 Å². The van der Waals surface area contributed by atoms with Gasteiger partial charge >= 0.3 is 0 Å². The number of hydrogen-bond donors (Lipinski definition) is 0. The molecule has 0 aliphatic heterocycles. The molecule has 9 aromatic rings. The van der Waals surface area contributed by atoms with Crippen molar-refractivity contribution in [2.75, 3.05) is 0 Å². The van der Waals surface area contributed by atoms with Crippen LogP contribution in [0.2, 0.25) is 0 Å². The van der Waals surface area contributed by atoms with Gasteiger partial charge in [-0.1, -0.05) is 98.8 Å². The third kappa shape index (κ3) is 4.13. The van der Waals surface area contributed by atoms with Gasteiger partial charge in [0.15, 0.2) is 5.82 Å². The van der Waals surface area contributed by atoms with Crippen molar-refractivity contribution in [2.24, 2.45) is 0 Å². The van der Waals surface area contributed by atoms with E-state index in [1.807, 2.05) is 30.7 Å². The molecule has 4 aromatic heterocycles. The average Bonchev–Trinajstić information content (AvgIpc) is 3.63. The Balaban J connectivity index is 1.32. The lowest BCUT2D eigenvalue weighted by Gasteiger charge is -2.23. The molecular formula is C45H31N5. The van der Waals surface area contributed by atoms with Gasteiger partial charge in [-0.25, -0.2) is 9.97 Å². The van der Waals surface area contributed by atoms with Gasteiger partial charge in [0.05, 0.1) is 22.4 Å². The summed E-state index contributed by atoms with van der Waals surface area (Å²) in [5.41, 5.74) is 12.2. The fraction of sp³-hybridized carbons (Fsp3) is 0.0667. The van der Waals surface area contributed by atoms with Crippen molar-refractivity contribution in [1.29, 1.82) is 0 Å². The molecule has 0 saturated heterocycles. The summed E-state index contributed by atoms with van der Waals surface area (Å²) in [7, 11) is 0. The van der Waals surface area contributed by atoms with Gasteiger partial charge in [0, 0.05) is 57.7 Å². The zero-order valence-electron chi connectivity index (χ0n) is 27.7. The number of benzene rings is 5. The van der Waals surface area contributed by atoms with Crippen LogP contribution in [0.1, 0.15) is 25.1 Å². The van der Waals surface area contributed by atoms with Crippen molar-refractivity contribution in [3.05, 3.63) is 163 Å². The van der Waals surface area contributed by atoms with Gasteiger partial charge in [0.25, 0.3) is 0 Å². The van der Waals surface area contributed by atoms with Crippen LogP contribution >= 0.6 is 0 Å². The monoisotopic (exact) mass is 641 g/mol. The van der Waals surface area contributed by atoms with E-state index in [1.165, 1.54) is 32.7 Å². The topological polar surface area (TPSA) is 56.5 Å². The van der Waals surface area contributed by atoms with E-state index in [-0.39, 0.29) is 0 Å². The van der Waals surface area contributed by atoms with Crippen molar-refractivity contribution < 1.29 is 0 Å². The molecule has 10 rings (SSSR count). The smallest absolute Gasteiger partial charge is 0.165 e. The van der Waals surface area contributed by atoms with Crippen LogP contribution in [0.3, 0.4) is 0 Å². The Labute approximate surface area is 289 Å². The molecule has 0 unspecified atom stereocenters. The maximum Gasteiger partial charge on any atom is 0.165 e. The summed E-state index contributed by atoms with van der Waals surface area (Å²) in [6.45, 7) is 4.54. The van der Waals surface area contributed by atoms with E-state index in [1.54, 1.807) is 6.20 Å². The summed E-state index contributed by atoms with van der Waals surface area (Å²) >= 11 is 0. The van der Waals surface area contributed by atoms with E-state index in [0.29, 0.717) is 0 Å². The number of nitrogens with zero attached hydrogens (tertiary/aromatic N) is 5.